The fraction of sp³-hybridized carbons (Fsp3) is 0.0667. The van der Waals surface area contributed by atoms with Crippen molar-refractivity contribution in [1.29, 1.82) is 0 Å². The predicted molar refractivity (Wildman–Crippen MR) is 88.6 cm³/mol. The molecule has 0 fully saturated rings. The molecule has 0 aliphatic carbocycles. The molecule has 0 saturated carbocycles. The molecule has 0 bridgehead atoms. The Morgan fingerprint density at radius 3 is 2.64 bits per heavy atom. The van der Waals surface area contributed by atoms with Gasteiger partial charge < -0.3 is 16.2 Å². The Balaban J connectivity index is 1.98. The van der Waals surface area contributed by atoms with Gasteiger partial charge in [0, 0.05) is 5.56 Å². The number of nitrogens with zero attached hydrogens (tertiary/aromatic N) is 2. The van der Waals surface area contributed by atoms with Gasteiger partial charge in [-0.25, -0.2) is 4.99 Å². The molecule has 0 aliphatic heterocycles. The van der Waals surface area contributed by atoms with Gasteiger partial charge in [-0.3, -0.25) is 10.0 Å². The molecule has 22 heavy (non-hydrogen) atoms. The summed E-state index contributed by atoms with van der Waals surface area (Å²) < 4.78 is 0. The van der Waals surface area contributed by atoms with E-state index in [1.165, 1.54) is 18.2 Å². The van der Waals surface area contributed by atoms with Crippen molar-refractivity contribution in [3.63, 3.8) is 0 Å². The molecule has 0 aromatic heterocycles. The summed E-state index contributed by atoms with van der Waals surface area (Å²) in [5, 5.41) is 19.6. The van der Waals surface area contributed by atoms with Gasteiger partial charge in [-0.1, -0.05) is 42.1 Å². The molecule has 6 nitrogen and oxygen atoms in total. The smallest absolute Gasteiger partial charge is 0.173 e. The van der Waals surface area contributed by atoms with E-state index < -0.39 is 0 Å². The third-order valence-electron chi connectivity index (χ3n) is 2.74. The molecule has 7 heteroatoms. The summed E-state index contributed by atoms with van der Waals surface area (Å²) in [7, 11) is 0. The number of nitrogens with two attached hydrogens (primary N) is 1. The molecular formula is C15H14N3O3S-. The summed E-state index contributed by atoms with van der Waals surface area (Å²) in [5.41, 5.74) is 6.81. The van der Waals surface area contributed by atoms with Crippen molar-refractivity contribution >= 4 is 34.1 Å². The van der Waals surface area contributed by atoms with Crippen LogP contribution in [0.15, 0.2) is 59.6 Å². The molecule has 0 spiro atoms. The van der Waals surface area contributed by atoms with Crippen molar-refractivity contribution in [1.82, 2.24) is 0 Å². The van der Waals surface area contributed by atoms with Gasteiger partial charge in [0.15, 0.2) is 11.0 Å². The van der Waals surface area contributed by atoms with E-state index in [4.69, 9.17) is 10.9 Å². The van der Waals surface area contributed by atoms with Crippen LogP contribution in [0.25, 0.3) is 0 Å². The molecule has 2 aromatic rings. The Bertz CT molecular complexity index is 675. The molecule has 0 atom stereocenters. The Kier molecular flexibility index (Phi) is 5.54. The zero-order valence-electron chi connectivity index (χ0n) is 11.5. The number of hydrogen-bond donors (Lipinski definition) is 2. The van der Waals surface area contributed by atoms with Gasteiger partial charge in [-0.15, -0.1) is 0 Å². The van der Waals surface area contributed by atoms with E-state index >= 15 is 0 Å². The first-order chi connectivity index (χ1) is 10.6. The molecule has 0 heterocycles. The number of benzene rings is 2. The predicted octanol–water partition coefficient (Wildman–Crippen LogP) is 2.94. The van der Waals surface area contributed by atoms with Crippen LogP contribution in [0.2, 0.25) is 0 Å². The Labute approximate surface area is 131 Å². The standard InChI is InChI=1S/C15H14N3O3S/c16-15(17-12-6-2-1-3-7-12)22-10-14(19)11-5-4-8-13(9-11)18(20)21/h1-9,20H,10H2,(H2,16,17)/q-1. The van der Waals surface area contributed by atoms with E-state index in [1.807, 2.05) is 30.3 Å². The minimum atomic E-state index is -0.283. The maximum absolute atomic E-state index is 12.0. The van der Waals surface area contributed by atoms with Crippen LogP contribution in [-0.2, 0) is 0 Å². The van der Waals surface area contributed by atoms with Gasteiger partial charge in [0.25, 0.3) is 0 Å². The third kappa shape index (κ3) is 4.59. The molecule has 0 aliphatic rings. The van der Waals surface area contributed by atoms with Crippen molar-refractivity contribution in [2.75, 3.05) is 11.0 Å². The molecule has 0 saturated heterocycles. The molecule has 114 valence electrons. The van der Waals surface area contributed by atoms with Crippen LogP contribution >= 0.6 is 11.8 Å². The van der Waals surface area contributed by atoms with Crippen molar-refractivity contribution in [2.24, 2.45) is 10.7 Å². The SMILES string of the molecule is NC(=Nc1ccccc1)SCC(=O)c1cccc(N([O-])O)c1. The van der Waals surface area contributed by atoms with Crippen LogP contribution in [-0.4, -0.2) is 21.9 Å². The highest BCUT2D eigenvalue weighted by Crippen LogP contribution is 2.17. The quantitative estimate of drug-likeness (QED) is 0.380. The zero-order chi connectivity index (χ0) is 15.9. The second-order valence-corrected chi connectivity index (χ2v) is 5.32. The zero-order valence-corrected chi connectivity index (χ0v) is 12.4. The summed E-state index contributed by atoms with van der Waals surface area (Å²) in [4.78, 5) is 16.2. The summed E-state index contributed by atoms with van der Waals surface area (Å²) >= 11 is 1.11. The van der Waals surface area contributed by atoms with Crippen LogP contribution in [0, 0.1) is 5.21 Å². The maximum Gasteiger partial charge on any atom is 0.173 e. The highest BCUT2D eigenvalue weighted by molar-refractivity contribution is 8.14. The number of ketones is 1. The number of aliphatic imine (C=N–C) groups is 1. The van der Waals surface area contributed by atoms with Crippen LogP contribution in [0.4, 0.5) is 11.4 Å². The number of rotatable bonds is 5. The van der Waals surface area contributed by atoms with E-state index in [0.717, 1.165) is 11.8 Å². The lowest BCUT2D eigenvalue weighted by atomic mass is 10.1. The van der Waals surface area contributed by atoms with E-state index in [1.54, 1.807) is 6.07 Å². The van der Waals surface area contributed by atoms with E-state index in [2.05, 4.69) is 4.99 Å². The van der Waals surface area contributed by atoms with Crippen LogP contribution < -0.4 is 11.0 Å². The van der Waals surface area contributed by atoms with E-state index in [-0.39, 0.29) is 27.6 Å². The first-order valence-corrected chi connectivity index (χ1v) is 7.36. The van der Waals surface area contributed by atoms with E-state index in [9.17, 15) is 10.0 Å². The first-order valence-electron chi connectivity index (χ1n) is 6.37. The van der Waals surface area contributed by atoms with Crippen LogP contribution in [0.1, 0.15) is 10.4 Å². The monoisotopic (exact) mass is 316 g/mol. The third-order valence-corrected chi connectivity index (χ3v) is 3.53. The number of carbonyl (C=O) groups is 1. The van der Waals surface area contributed by atoms with Gasteiger partial charge in [0.2, 0.25) is 0 Å². The molecule has 0 unspecified atom stereocenters. The molecule has 0 radical (unpaired) electrons. The summed E-state index contributed by atoms with van der Waals surface area (Å²) in [5.74, 6) is -0.115. The Hall–Kier alpha value is -2.35. The molecule has 2 aromatic carbocycles. The van der Waals surface area contributed by atoms with Crippen LogP contribution in [0.5, 0.6) is 0 Å². The van der Waals surface area contributed by atoms with Crippen molar-refractivity contribution in [3.8, 4) is 0 Å². The number of thioether (sulfide) groups is 1. The lowest BCUT2D eigenvalue weighted by Gasteiger charge is -2.21. The topological polar surface area (TPSA) is 102 Å². The second-order valence-electron chi connectivity index (χ2n) is 4.32. The molecular weight excluding hydrogens is 302 g/mol. The van der Waals surface area contributed by atoms with Gasteiger partial charge in [-0.05, 0) is 24.3 Å². The number of amidine groups is 1. The summed E-state index contributed by atoms with van der Waals surface area (Å²) in [6.45, 7) is 0. The number of Topliss-reactive ketones (excluding diaryl/α,β-unsaturated/α-hetero) is 1. The van der Waals surface area contributed by atoms with Gasteiger partial charge >= 0.3 is 0 Å². The van der Waals surface area contributed by atoms with Crippen LogP contribution in [0.3, 0.4) is 0 Å². The lowest BCUT2D eigenvalue weighted by Crippen LogP contribution is -2.12. The number of para-hydroxylation sites is 1. The normalized spacial score (nSPS) is 11.3. The highest BCUT2D eigenvalue weighted by Gasteiger charge is 2.08. The minimum Gasteiger partial charge on any atom is -0.733 e. The fourth-order valence-electron chi connectivity index (χ4n) is 1.68. The molecule has 2 rings (SSSR count). The first kappa shape index (κ1) is 16.0. The minimum absolute atomic E-state index is 0.00164. The number of anilines is 1. The van der Waals surface area contributed by atoms with Gasteiger partial charge in [-0.2, -0.15) is 0 Å². The summed E-state index contributed by atoms with van der Waals surface area (Å²) in [6.07, 6.45) is 0. The van der Waals surface area contributed by atoms with E-state index in [0.29, 0.717) is 11.3 Å². The largest absolute Gasteiger partial charge is 0.733 e. The van der Waals surface area contributed by atoms with Crippen molar-refractivity contribution in [3.05, 3.63) is 65.4 Å². The molecule has 3 N–H and O–H groups in total. The average Bonchev–Trinajstić information content (AvgIpc) is 2.53. The number of carbonyl (C=O) groups excluding carboxylic acids is 1. The average molecular weight is 316 g/mol. The number of hydrogen-bond acceptors (Lipinski definition) is 6. The Morgan fingerprint density at radius 2 is 1.95 bits per heavy atom. The second kappa shape index (κ2) is 7.60. The highest BCUT2D eigenvalue weighted by atomic mass is 32.2. The van der Waals surface area contributed by atoms with Crippen molar-refractivity contribution < 1.29 is 10.0 Å². The van der Waals surface area contributed by atoms with Gasteiger partial charge in [0.1, 0.15) is 0 Å². The van der Waals surface area contributed by atoms with Gasteiger partial charge in [0.05, 0.1) is 17.1 Å². The summed E-state index contributed by atoms with van der Waals surface area (Å²) in [6, 6.07) is 15.0. The maximum atomic E-state index is 12.0. The Morgan fingerprint density at radius 1 is 1.23 bits per heavy atom. The van der Waals surface area contributed by atoms with Crippen molar-refractivity contribution in [2.45, 2.75) is 0 Å². The molecule has 0 amide bonds. The lowest BCUT2D eigenvalue weighted by molar-refractivity contribution is 0.102. The fourth-order valence-corrected chi connectivity index (χ4v) is 2.30.